The molecule has 1 aromatic carbocycles. The number of carbonyl (C=O) groups excluding carboxylic acids is 2. The maximum Gasteiger partial charge on any atom is 0.351 e. The number of ether oxygens (including phenoxy) is 1. The summed E-state index contributed by atoms with van der Waals surface area (Å²) in [6.07, 6.45) is -0.839. The van der Waals surface area contributed by atoms with E-state index in [-0.39, 0.29) is 18.0 Å². The number of aromatic nitrogens is 1. The summed E-state index contributed by atoms with van der Waals surface area (Å²) in [6.45, 7) is 11.2. The third kappa shape index (κ3) is 4.49. The van der Waals surface area contributed by atoms with Crippen LogP contribution in [-0.2, 0) is 9.53 Å². The van der Waals surface area contributed by atoms with Crippen LogP contribution in [0.25, 0.3) is 10.6 Å². The van der Waals surface area contributed by atoms with Gasteiger partial charge >= 0.3 is 5.97 Å². The van der Waals surface area contributed by atoms with Crippen LogP contribution < -0.4 is 0 Å². The molecule has 0 N–H and O–H groups in total. The zero-order valence-electron chi connectivity index (χ0n) is 16.1. The quantitative estimate of drug-likeness (QED) is 0.707. The molecular weight excluding hydrogens is 348 g/mol. The van der Waals surface area contributed by atoms with Gasteiger partial charge in [0.25, 0.3) is 5.91 Å². The highest BCUT2D eigenvalue weighted by Crippen LogP contribution is 2.28. The Morgan fingerprint density at radius 1 is 1.04 bits per heavy atom. The van der Waals surface area contributed by atoms with E-state index in [0.29, 0.717) is 10.6 Å². The third-order valence-electron chi connectivity index (χ3n) is 4.00. The van der Waals surface area contributed by atoms with Crippen LogP contribution in [0.1, 0.15) is 50.0 Å². The largest absolute Gasteiger partial charge is 0.448 e. The molecule has 0 aliphatic rings. The summed E-state index contributed by atoms with van der Waals surface area (Å²) < 4.78 is 5.45. The number of amides is 1. The number of thiazole rings is 1. The number of esters is 1. The zero-order chi connectivity index (χ0) is 19.4. The Morgan fingerprint density at radius 3 is 2.15 bits per heavy atom. The van der Waals surface area contributed by atoms with Crippen LogP contribution in [0.3, 0.4) is 0 Å². The van der Waals surface area contributed by atoms with Crippen LogP contribution in [-0.4, -0.2) is 39.9 Å². The molecule has 0 saturated carbocycles. The van der Waals surface area contributed by atoms with Gasteiger partial charge in [0, 0.05) is 17.6 Å². The Hall–Kier alpha value is -2.21. The van der Waals surface area contributed by atoms with E-state index in [1.165, 1.54) is 11.3 Å². The first-order chi connectivity index (χ1) is 12.2. The second-order valence-corrected chi connectivity index (χ2v) is 7.78. The highest BCUT2D eigenvalue weighted by Gasteiger charge is 2.29. The molecule has 1 amide bonds. The molecule has 1 atom stereocenters. The van der Waals surface area contributed by atoms with E-state index in [0.717, 1.165) is 10.6 Å². The van der Waals surface area contributed by atoms with E-state index in [2.05, 4.69) is 4.98 Å². The van der Waals surface area contributed by atoms with Crippen molar-refractivity contribution in [1.29, 1.82) is 0 Å². The Morgan fingerprint density at radius 2 is 1.62 bits per heavy atom. The summed E-state index contributed by atoms with van der Waals surface area (Å²) >= 11 is 1.28. The van der Waals surface area contributed by atoms with Gasteiger partial charge in [-0.3, -0.25) is 4.79 Å². The van der Waals surface area contributed by atoms with E-state index >= 15 is 0 Å². The standard InChI is InChI=1S/C20H26N2O3S/c1-12(2)22(13(3)4)19(23)15(6)25-20(24)17-14(5)21-18(26-17)16-10-8-7-9-11-16/h7-13,15H,1-6H3/t15-/m0/s1. The fourth-order valence-electron chi connectivity index (χ4n) is 2.87. The Labute approximate surface area is 159 Å². The van der Waals surface area contributed by atoms with Gasteiger partial charge in [0.2, 0.25) is 0 Å². The average molecular weight is 375 g/mol. The second-order valence-electron chi connectivity index (χ2n) is 6.78. The summed E-state index contributed by atoms with van der Waals surface area (Å²) in [7, 11) is 0. The number of aryl methyl sites for hydroxylation is 1. The highest BCUT2D eigenvalue weighted by atomic mass is 32.1. The van der Waals surface area contributed by atoms with Crippen molar-refractivity contribution in [3.8, 4) is 10.6 Å². The van der Waals surface area contributed by atoms with Crippen molar-refractivity contribution in [2.45, 2.75) is 59.7 Å². The van der Waals surface area contributed by atoms with Crippen LogP contribution in [0.4, 0.5) is 0 Å². The van der Waals surface area contributed by atoms with Crippen LogP contribution >= 0.6 is 11.3 Å². The first-order valence-electron chi connectivity index (χ1n) is 8.78. The number of benzene rings is 1. The van der Waals surface area contributed by atoms with Gasteiger partial charge < -0.3 is 9.64 Å². The van der Waals surface area contributed by atoms with Gasteiger partial charge in [0.1, 0.15) is 9.88 Å². The molecule has 1 heterocycles. The topological polar surface area (TPSA) is 59.5 Å². The smallest absolute Gasteiger partial charge is 0.351 e. The molecule has 1 aromatic heterocycles. The monoisotopic (exact) mass is 374 g/mol. The van der Waals surface area contributed by atoms with Crippen LogP contribution in [0, 0.1) is 6.92 Å². The Kier molecular flexibility index (Phi) is 6.53. The van der Waals surface area contributed by atoms with Crippen molar-refractivity contribution in [2.75, 3.05) is 0 Å². The SMILES string of the molecule is Cc1nc(-c2ccccc2)sc1C(=O)O[C@@H](C)C(=O)N(C(C)C)C(C)C. The fraction of sp³-hybridized carbons (Fsp3) is 0.450. The molecular formula is C20H26N2O3S. The molecule has 0 spiro atoms. The first kappa shape index (κ1) is 20.1. The summed E-state index contributed by atoms with van der Waals surface area (Å²) in [5.74, 6) is -0.690. The van der Waals surface area contributed by atoms with Gasteiger partial charge in [-0.1, -0.05) is 30.3 Å². The molecule has 26 heavy (non-hydrogen) atoms. The molecule has 2 aromatic rings. The molecule has 140 valence electrons. The second kappa shape index (κ2) is 8.45. The van der Waals surface area contributed by atoms with Crippen LogP contribution in [0.2, 0.25) is 0 Å². The minimum absolute atomic E-state index is 0.0403. The molecule has 0 saturated heterocycles. The number of hydrogen-bond donors (Lipinski definition) is 0. The predicted molar refractivity (Wildman–Crippen MR) is 104 cm³/mol. The molecule has 0 bridgehead atoms. The molecule has 6 heteroatoms. The number of nitrogens with zero attached hydrogens (tertiary/aromatic N) is 2. The molecule has 2 rings (SSSR count). The first-order valence-corrected chi connectivity index (χ1v) is 9.60. The van der Waals surface area contributed by atoms with Gasteiger partial charge in [0.15, 0.2) is 6.10 Å². The molecule has 0 radical (unpaired) electrons. The lowest BCUT2D eigenvalue weighted by atomic mass is 10.2. The van der Waals surface area contributed by atoms with Crippen molar-refractivity contribution < 1.29 is 14.3 Å². The summed E-state index contributed by atoms with van der Waals surface area (Å²) in [5, 5.41) is 0.764. The van der Waals surface area contributed by atoms with Crippen molar-refractivity contribution in [3.05, 3.63) is 40.9 Å². The molecule has 5 nitrogen and oxygen atoms in total. The summed E-state index contributed by atoms with van der Waals surface area (Å²) in [4.78, 5) is 31.8. The normalized spacial score (nSPS) is 12.3. The van der Waals surface area contributed by atoms with Crippen LogP contribution in [0.5, 0.6) is 0 Å². The minimum Gasteiger partial charge on any atom is -0.448 e. The maximum absolute atomic E-state index is 12.6. The molecule has 0 fully saturated rings. The van der Waals surface area contributed by atoms with Crippen LogP contribution in [0.15, 0.2) is 30.3 Å². The molecule has 0 unspecified atom stereocenters. The molecule has 0 aliphatic heterocycles. The van der Waals surface area contributed by atoms with Gasteiger partial charge in [-0.2, -0.15) is 0 Å². The lowest BCUT2D eigenvalue weighted by Crippen LogP contribution is -2.47. The van der Waals surface area contributed by atoms with E-state index in [1.54, 1.807) is 18.7 Å². The van der Waals surface area contributed by atoms with Crippen molar-refractivity contribution >= 4 is 23.2 Å². The fourth-order valence-corrected chi connectivity index (χ4v) is 3.82. The lowest BCUT2D eigenvalue weighted by molar-refractivity contribution is -0.143. The maximum atomic E-state index is 12.6. The Balaban J connectivity index is 2.15. The average Bonchev–Trinajstić information content (AvgIpc) is 2.96. The lowest BCUT2D eigenvalue weighted by Gasteiger charge is -2.32. The van der Waals surface area contributed by atoms with Crippen molar-refractivity contribution in [1.82, 2.24) is 9.88 Å². The predicted octanol–water partition coefficient (Wildman–Crippen LogP) is 4.31. The third-order valence-corrected chi connectivity index (χ3v) is 5.19. The van der Waals surface area contributed by atoms with E-state index < -0.39 is 12.1 Å². The van der Waals surface area contributed by atoms with Gasteiger partial charge in [-0.05, 0) is 41.5 Å². The summed E-state index contributed by atoms with van der Waals surface area (Å²) in [5.41, 5.74) is 1.57. The number of hydrogen-bond acceptors (Lipinski definition) is 5. The zero-order valence-corrected chi connectivity index (χ0v) is 17.0. The summed E-state index contributed by atoms with van der Waals surface area (Å²) in [6, 6.07) is 9.76. The minimum atomic E-state index is -0.839. The van der Waals surface area contributed by atoms with E-state index in [1.807, 2.05) is 58.0 Å². The Bertz CT molecular complexity index is 761. The molecule has 0 aliphatic carbocycles. The van der Waals surface area contributed by atoms with E-state index in [9.17, 15) is 9.59 Å². The van der Waals surface area contributed by atoms with Crippen molar-refractivity contribution in [2.24, 2.45) is 0 Å². The van der Waals surface area contributed by atoms with Gasteiger partial charge in [0.05, 0.1) is 5.69 Å². The number of carbonyl (C=O) groups is 2. The van der Waals surface area contributed by atoms with Gasteiger partial charge in [-0.15, -0.1) is 11.3 Å². The highest BCUT2D eigenvalue weighted by molar-refractivity contribution is 7.17. The van der Waals surface area contributed by atoms with Gasteiger partial charge in [-0.25, -0.2) is 9.78 Å². The van der Waals surface area contributed by atoms with E-state index in [4.69, 9.17) is 4.74 Å². The van der Waals surface area contributed by atoms with Crippen molar-refractivity contribution in [3.63, 3.8) is 0 Å². The number of rotatable bonds is 6.